The van der Waals surface area contributed by atoms with Crippen LogP contribution in [0, 0.1) is 5.41 Å². The number of hydrogen-bond acceptors (Lipinski definition) is 4. The number of aliphatic hydroxyl groups excluding tert-OH is 1. The molecule has 122 valence electrons. The predicted molar refractivity (Wildman–Crippen MR) is 89.9 cm³/mol. The van der Waals surface area contributed by atoms with Gasteiger partial charge in [-0.05, 0) is 29.8 Å². The Hall–Kier alpha value is -2.11. The zero-order chi connectivity index (χ0) is 17.1. The first-order chi connectivity index (χ1) is 10.8. The number of rotatable bonds is 6. The second-order valence-electron chi connectivity index (χ2n) is 5.78. The molecule has 0 radical (unpaired) electrons. The molecule has 0 unspecified atom stereocenters. The van der Waals surface area contributed by atoms with Crippen LogP contribution < -0.4 is 0 Å². The van der Waals surface area contributed by atoms with E-state index in [9.17, 15) is 18.6 Å². The molecular weight excluding hydrogens is 312 g/mol. The van der Waals surface area contributed by atoms with Gasteiger partial charge >= 0.3 is 0 Å². The first-order valence-electron chi connectivity index (χ1n) is 7.17. The van der Waals surface area contributed by atoms with Gasteiger partial charge in [-0.3, -0.25) is 0 Å². The Balaban J connectivity index is 2.33. The number of benzene rings is 2. The van der Waals surface area contributed by atoms with Crippen molar-refractivity contribution in [1.82, 2.24) is 0 Å². The minimum Gasteiger partial charge on any atom is -0.508 e. The third-order valence-corrected chi connectivity index (χ3v) is 5.90. The molecular formula is C18H20O4S. The van der Waals surface area contributed by atoms with Gasteiger partial charge in [-0.15, -0.1) is 6.58 Å². The number of phenolic OH excluding ortho intramolecular Hbond substituents is 1. The molecule has 0 aliphatic rings. The molecule has 4 nitrogen and oxygen atoms in total. The van der Waals surface area contributed by atoms with Crippen LogP contribution in [0.2, 0.25) is 0 Å². The van der Waals surface area contributed by atoms with Crippen molar-refractivity contribution in [2.24, 2.45) is 5.41 Å². The van der Waals surface area contributed by atoms with E-state index in [1.807, 2.05) is 0 Å². The first-order valence-corrected chi connectivity index (χ1v) is 8.82. The fourth-order valence-electron chi connectivity index (χ4n) is 2.41. The molecule has 5 heteroatoms. The van der Waals surface area contributed by atoms with Crippen LogP contribution in [0.1, 0.15) is 18.6 Å². The molecule has 0 heterocycles. The molecule has 0 aliphatic heterocycles. The van der Waals surface area contributed by atoms with Crippen molar-refractivity contribution < 1.29 is 18.6 Å². The van der Waals surface area contributed by atoms with Gasteiger partial charge in [-0.25, -0.2) is 8.42 Å². The lowest BCUT2D eigenvalue weighted by atomic mass is 9.82. The molecule has 2 aromatic rings. The number of aromatic hydroxyl groups is 1. The molecule has 2 atom stereocenters. The summed E-state index contributed by atoms with van der Waals surface area (Å²) in [7, 11) is -3.57. The SMILES string of the molecule is C=C[C@@](C)(CS(=O)(=O)c1ccccc1)[C@@H](O)c1ccc(O)cc1. The topological polar surface area (TPSA) is 74.6 Å². The average molecular weight is 332 g/mol. The molecule has 2 aromatic carbocycles. The van der Waals surface area contributed by atoms with Crippen LogP contribution in [0.15, 0.2) is 72.1 Å². The Morgan fingerprint density at radius 2 is 1.70 bits per heavy atom. The van der Waals surface area contributed by atoms with Crippen molar-refractivity contribution in [3.63, 3.8) is 0 Å². The number of phenols is 1. The molecule has 23 heavy (non-hydrogen) atoms. The summed E-state index contributed by atoms with van der Waals surface area (Å²) >= 11 is 0. The molecule has 2 rings (SSSR count). The lowest BCUT2D eigenvalue weighted by Gasteiger charge is -2.31. The molecule has 0 saturated carbocycles. The van der Waals surface area contributed by atoms with Gasteiger partial charge in [0.1, 0.15) is 5.75 Å². The molecule has 0 aliphatic carbocycles. The maximum absolute atomic E-state index is 12.6. The Labute approximate surface area is 136 Å². The van der Waals surface area contributed by atoms with Crippen molar-refractivity contribution >= 4 is 9.84 Å². The van der Waals surface area contributed by atoms with Crippen LogP contribution in [0.25, 0.3) is 0 Å². The quantitative estimate of drug-likeness (QED) is 0.797. The Morgan fingerprint density at radius 1 is 1.13 bits per heavy atom. The standard InChI is InChI=1S/C18H20O4S/c1-3-18(2,17(20)14-9-11-15(19)12-10-14)13-23(21,22)16-7-5-4-6-8-16/h3-12,17,19-20H,1,13H2,2H3/t17-,18-/m0/s1. The lowest BCUT2D eigenvalue weighted by molar-refractivity contribution is 0.0840. The van der Waals surface area contributed by atoms with Crippen LogP contribution in [0.3, 0.4) is 0 Å². The van der Waals surface area contributed by atoms with Crippen molar-refractivity contribution in [2.45, 2.75) is 17.9 Å². The van der Waals surface area contributed by atoms with Gasteiger partial charge in [-0.1, -0.05) is 43.3 Å². The number of sulfone groups is 1. The molecule has 0 spiro atoms. The highest BCUT2D eigenvalue weighted by Gasteiger charge is 2.36. The van der Waals surface area contributed by atoms with Crippen molar-refractivity contribution in [3.8, 4) is 5.75 Å². The van der Waals surface area contributed by atoms with Gasteiger partial charge in [0.25, 0.3) is 0 Å². The second kappa shape index (κ2) is 6.56. The minimum absolute atomic E-state index is 0.0816. The molecule has 0 bridgehead atoms. The molecule has 0 amide bonds. The van der Waals surface area contributed by atoms with Crippen molar-refractivity contribution in [2.75, 3.05) is 5.75 Å². The smallest absolute Gasteiger partial charge is 0.179 e. The molecule has 0 fully saturated rings. The fourth-order valence-corrected chi connectivity index (χ4v) is 4.24. The van der Waals surface area contributed by atoms with Crippen LogP contribution in [-0.2, 0) is 9.84 Å². The van der Waals surface area contributed by atoms with Crippen LogP contribution in [-0.4, -0.2) is 24.4 Å². The average Bonchev–Trinajstić information content (AvgIpc) is 2.55. The zero-order valence-corrected chi connectivity index (χ0v) is 13.7. The minimum atomic E-state index is -3.57. The summed E-state index contributed by atoms with van der Waals surface area (Å²) in [5.41, 5.74) is -0.542. The van der Waals surface area contributed by atoms with Gasteiger partial charge in [0.05, 0.1) is 16.8 Å². The van der Waals surface area contributed by atoms with E-state index < -0.39 is 21.4 Å². The summed E-state index contributed by atoms with van der Waals surface area (Å²) in [6.45, 7) is 5.35. The van der Waals surface area contributed by atoms with Gasteiger partial charge in [-0.2, -0.15) is 0 Å². The third-order valence-electron chi connectivity index (χ3n) is 3.90. The number of hydrogen-bond donors (Lipinski definition) is 2. The van der Waals surface area contributed by atoms with Crippen molar-refractivity contribution in [3.05, 3.63) is 72.8 Å². The normalized spacial score (nSPS) is 15.6. The maximum atomic E-state index is 12.6. The van der Waals surface area contributed by atoms with E-state index in [0.29, 0.717) is 5.56 Å². The van der Waals surface area contributed by atoms with E-state index in [1.54, 1.807) is 37.3 Å². The predicted octanol–water partition coefficient (Wildman–Crippen LogP) is 3.09. The van der Waals surface area contributed by atoms with Gasteiger partial charge in [0.2, 0.25) is 0 Å². The summed E-state index contributed by atoms with van der Waals surface area (Å²) in [6, 6.07) is 14.2. The van der Waals surface area contributed by atoms with Crippen molar-refractivity contribution in [1.29, 1.82) is 0 Å². The summed E-state index contributed by atoms with van der Waals surface area (Å²) in [6.07, 6.45) is 0.407. The van der Waals surface area contributed by atoms with Crippen LogP contribution >= 0.6 is 0 Å². The van der Waals surface area contributed by atoms with E-state index in [0.717, 1.165) is 0 Å². The summed E-state index contributed by atoms with van der Waals surface area (Å²) in [5, 5.41) is 20.0. The second-order valence-corrected chi connectivity index (χ2v) is 7.77. The Kier molecular flexibility index (Phi) is 4.92. The van der Waals surface area contributed by atoms with E-state index >= 15 is 0 Å². The first kappa shape index (κ1) is 17.2. The lowest BCUT2D eigenvalue weighted by Crippen LogP contribution is -2.31. The third kappa shape index (κ3) is 3.81. The highest BCUT2D eigenvalue weighted by Crippen LogP contribution is 2.37. The van der Waals surface area contributed by atoms with Gasteiger partial charge in [0.15, 0.2) is 9.84 Å². The summed E-state index contributed by atoms with van der Waals surface area (Å²) in [4.78, 5) is 0.214. The van der Waals surface area contributed by atoms with Crippen LogP contribution in [0.5, 0.6) is 5.75 Å². The maximum Gasteiger partial charge on any atom is 0.179 e. The Morgan fingerprint density at radius 3 is 2.22 bits per heavy atom. The largest absolute Gasteiger partial charge is 0.508 e. The monoisotopic (exact) mass is 332 g/mol. The number of aliphatic hydroxyl groups is 1. The molecule has 0 saturated heterocycles. The summed E-state index contributed by atoms with van der Waals surface area (Å²) in [5.74, 6) is -0.187. The Bertz CT molecular complexity index is 766. The summed E-state index contributed by atoms with van der Waals surface area (Å²) < 4.78 is 25.2. The highest BCUT2D eigenvalue weighted by molar-refractivity contribution is 7.91. The van der Waals surface area contributed by atoms with Crippen LogP contribution in [0.4, 0.5) is 0 Å². The molecule has 2 N–H and O–H groups in total. The van der Waals surface area contributed by atoms with E-state index in [-0.39, 0.29) is 16.4 Å². The van der Waals surface area contributed by atoms with Gasteiger partial charge in [0, 0.05) is 5.41 Å². The zero-order valence-electron chi connectivity index (χ0n) is 12.9. The fraction of sp³-hybridized carbons (Fsp3) is 0.222. The van der Waals surface area contributed by atoms with Gasteiger partial charge < -0.3 is 10.2 Å². The van der Waals surface area contributed by atoms with E-state index in [4.69, 9.17) is 0 Å². The highest BCUT2D eigenvalue weighted by atomic mass is 32.2. The van der Waals surface area contributed by atoms with E-state index in [2.05, 4.69) is 6.58 Å². The van der Waals surface area contributed by atoms with E-state index in [1.165, 1.54) is 30.3 Å². The molecule has 0 aromatic heterocycles.